The first-order chi connectivity index (χ1) is 11.1. The third-order valence-electron chi connectivity index (χ3n) is 2.92. The maximum Gasteiger partial charge on any atom is 0.337 e. The summed E-state index contributed by atoms with van der Waals surface area (Å²) in [5, 5.41) is 3.06. The van der Waals surface area contributed by atoms with Gasteiger partial charge in [-0.15, -0.1) is 0 Å². The van der Waals surface area contributed by atoms with E-state index in [4.69, 9.17) is 16.3 Å². The zero-order valence-electron chi connectivity index (χ0n) is 12.4. The molecule has 0 atom stereocenters. The Bertz CT molecular complexity index is 689. The molecule has 0 aliphatic heterocycles. The second-order valence-electron chi connectivity index (χ2n) is 4.66. The van der Waals surface area contributed by atoms with Crippen LogP contribution >= 0.6 is 11.6 Å². The fourth-order valence-corrected chi connectivity index (χ4v) is 2.02. The van der Waals surface area contributed by atoms with Crippen molar-refractivity contribution < 1.29 is 14.3 Å². The van der Waals surface area contributed by atoms with E-state index in [9.17, 15) is 9.59 Å². The van der Waals surface area contributed by atoms with Crippen molar-refractivity contribution in [1.29, 1.82) is 0 Å². The van der Waals surface area contributed by atoms with E-state index in [1.807, 2.05) is 0 Å². The first-order valence-electron chi connectivity index (χ1n) is 6.81. The fraction of sp³-hybridized carbons (Fsp3) is 0.125. The van der Waals surface area contributed by atoms with Crippen molar-refractivity contribution >= 4 is 29.2 Å². The molecule has 7 heteroatoms. The monoisotopic (exact) mass is 333 g/mol. The SMILES string of the molecule is COc1ccc(CC(=O)NNC(=O)Nc2cccc(Cl)c2)cc1. The number of benzene rings is 2. The molecule has 0 radical (unpaired) electrons. The first-order valence-corrected chi connectivity index (χ1v) is 7.19. The Labute approximate surface area is 138 Å². The van der Waals surface area contributed by atoms with Gasteiger partial charge in [-0.3, -0.25) is 10.2 Å². The molecule has 0 aliphatic carbocycles. The minimum absolute atomic E-state index is 0.140. The van der Waals surface area contributed by atoms with E-state index >= 15 is 0 Å². The molecule has 0 aromatic heterocycles. The smallest absolute Gasteiger partial charge is 0.337 e. The van der Waals surface area contributed by atoms with Gasteiger partial charge in [-0.2, -0.15) is 0 Å². The Kier molecular flexibility index (Phi) is 5.82. The quantitative estimate of drug-likeness (QED) is 0.753. The lowest BCUT2D eigenvalue weighted by atomic mass is 10.1. The summed E-state index contributed by atoms with van der Waals surface area (Å²) in [4.78, 5) is 23.4. The standard InChI is InChI=1S/C16H16ClN3O3/c1-23-14-7-5-11(6-8-14)9-15(21)19-20-16(22)18-13-4-2-3-12(17)10-13/h2-8,10H,9H2,1H3,(H,19,21)(H2,18,20,22). The van der Waals surface area contributed by atoms with Crippen LogP contribution in [-0.4, -0.2) is 19.0 Å². The molecule has 3 N–H and O–H groups in total. The van der Waals surface area contributed by atoms with Crippen LogP contribution in [0.5, 0.6) is 5.75 Å². The largest absolute Gasteiger partial charge is 0.497 e. The lowest BCUT2D eigenvalue weighted by Crippen LogP contribution is -2.44. The second kappa shape index (κ2) is 8.05. The summed E-state index contributed by atoms with van der Waals surface area (Å²) in [6.45, 7) is 0. The molecule has 6 nitrogen and oxygen atoms in total. The lowest BCUT2D eigenvalue weighted by molar-refractivity contribution is -0.121. The number of hydrazine groups is 1. The molecule has 2 aromatic rings. The van der Waals surface area contributed by atoms with Gasteiger partial charge in [0.25, 0.3) is 0 Å². The average molecular weight is 334 g/mol. The van der Waals surface area contributed by atoms with Crippen LogP contribution in [-0.2, 0) is 11.2 Å². The molecule has 23 heavy (non-hydrogen) atoms. The Hall–Kier alpha value is -2.73. The Morgan fingerprint density at radius 1 is 1.09 bits per heavy atom. The molecular formula is C16H16ClN3O3. The number of methoxy groups -OCH3 is 1. The fourth-order valence-electron chi connectivity index (χ4n) is 1.83. The Morgan fingerprint density at radius 2 is 1.83 bits per heavy atom. The molecule has 0 heterocycles. The van der Waals surface area contributed by atoms with Crippen molar-refractivity contribution in [3.8, 4) is 5.75 Å². The normalized spacial score (nSPS) is 9.83. The zero-order chi connectivity index (χ0) is 16.7. The van der Waals surface area contributed by atoms with E-state index in [1.54, 1.807) is 55.6 Å². The van der Waals surface area contributed by atoms with E-state index < -0.39 is 6.03 Å². The number of nitrogens with one attached hydrogen (secondary N) is 3. The number of carbonyl (C=O) groups excluding carboxylic acids is 2. The summed E-state index contributed by atoms with van der Waals surface area (Å²) in [6, 6.07) is 13.2. The van der Waals surface area contributed by atoms with E-state index in [0.717, 1.165) is 5.56 Å². The van der Waals surface area contributed by atoms with Gasteiger partial charge >= 0.3 is 6.03 Å². The molecule has 120 valence electrons. The van der Waals surface area contributed by atoms with Crippen LogP contribution in [0, 0.1) is 0 Å². The number of amides is 3. The minimum Gasteiger partial charge on any atom is -0.497 e. The maximum absolute atomic E-state index is 11.8. The van der Waals surface area contributed by atoms with Crippen molar-refractivity contribution in [2.75, 3.05) is 12.4 Å². The first kappa shape index (κ1) is 16.6. The summed E-state index contributed by atoms with van der Waals surface area (Å²) >= 11 is 5.82. The summed E-state index contributed by atoms with van der Waals surface area (Å²) in [5.74, 6) is 0.379. The van der Waals surface area contributed by atoms with Crippen molar-refractivity contribution in [1.82, 2.24) is 10.9 Å². The third-order valence-corrected chi connectivity index (χ3v) is 3.16. The van der Waals surface area contributed by atoms with Crippen LogP contribution in [0.3, 0.4) is 0 Å². The lowest BCUT2D eigenvalue weighted by Gasteiger charge is -2.09. The topological polar surface area (TPSA) is 79.5 Å². The number of hydrogen-bond acceptors (Lipinski definition) is 3. The van der Waals surface area contributed by atoms with Gasteiger partial charge in [0.2, 0.25) is 5.91 Å². The van der Waals surface area contributed by atoms with Gasteiger partial charge in [0, 0.05) is 10.7 Å². The summed E-state index contributed by atoms with van der Waals surface area (Å²) in [6.07, 6.45) is 0.140. The van der Waals surface area contributed by atoms with Crippen LogP contribution in [0.15, 0.2) is 48.5 Å². The molecule has 2 aromatic carbocycles. The third kappa shape index (κ3) is 5.52. The van der Waals surface area contributed by atoms with Gasteiger partial charge in [-0.25, -0.2) is 10.2 Å². The van der Waals surface area contributed by atoms with E-state index in [1.165, 1.54) is 0 Å². The molecule has 0 saturated heterocycles. The summed E-state index contributed by atoms with van der Waals surface area (Å²) < 4.78 is 5.04. The second-order valence-corrected chi connectivity index (χ2v) is 5.10. The predicted octanol–water partition coefficient (Wildman–Crippen LogP) is 2.74. The van der Waals surface area contributed by atoms with E-state index in [2.05, 4.69) is 16.2 Å². The van der Waals surface area contributed by atoms with E-state index in [0.29, 0.717) is 16.5 Å². The highest BCUT2D eigenvalue weighted by atomic mass is 35.5. The highest BCUT2D eigenvalue weighted by Gasteiger charge is 2.06. The van der Waals surface area contributed by atoms with Gasteiger partial charge in [0.05, 0.1) is 13.5 Å². The number of anilines is 1. The van der Waals surface area contributed by atoms with Crippen LogP contribution in [0.25, 0.3) is 0 Å². The molecule has 0 saturated carbocycles. The highest BCUT2D eigenvalue weighted by Crippen LogP contribution is 2.14. The predicted molar refractivity (Wildman–Crippen MR) is 88.4 cm³/mol. The molecule has 3 amide bonds. The summed E-state index contributed by atoms with van der Waals surface area (Å²) in [7, 11) is 1.57. The van der Waals surface area contributed by atoms with Crippen LogP contribution in [0.1, 0.15) is 5.56 Å². The number of carbonyl (C=O) groups is 2. The zero-order valence-corrected chi connectivity index (χ0v) is 13.2. The van der Waals surface area contributed by atoms with Gasteiger partial charge in [0.15, 0.2) is 0 Å². The van der Waals surface area contributed by atoms with Crippen LogP contribution < -0.4 is 20.9 Å². The van der Waals surface area contributed by atoms with Crippen LogP contribution in [0.2, 0.25) is 5.02 Å². The molecule has 0 aliphatic rings. The van der Waals surface area contributed by atoms with E-state index in [-0.39, 0.29) is 12.3 Å². The number of urea groups is 1. The number of halogens is 1. The average Bonchev–Trinajstić information content (AvgIpc) is 2.54. The molecule has 0 bridgehead atoms. The minimum atomic E-state index is -0.560. The number of rotatable bonds is 4. The maximum atomic E-state index is 11.8. The van der Waals surface area contributed by atoms with Gasteiger partial charge in [-0.1, -0.05) is 29.8 Å². The highest BCUT2D eigenvalue weighted by molar-refractivity contribution is 6.30. The van der Waals surface area contributed by atoms with Crippen molar-refractivity contribution in [2.45, 2.75) is 6.42 Å². The van der Waals surface area contributed by atoms with Gasteiger partial charge in [0.1, 0.15) is 5.75 Å². The van der Waals surface area contributed by atoms with Crippen molar-refractivity contribution in [2.24, 2.45) is 0 Å². The molecule has 0 spiro atoms. The molecule has 2 rings (SSSR count). The molecule has 0 fully saturated rings. The van der Waals surface area contributed by atoms with Gasteiger partial charge in [-0.05, 0) is 35.9 Å². The molecular weight excluding hydrogens is 318 g/mol. The number of hydrogen-bond donors (Lipinski definition) is 3. The van der Waals surface area contributed by atoms with Gasteiger partial charge < -0.3 is 10.1 Å². The van der Waals surface area contributed by atoms with Crippen molar-refractivity contribution in [3.63, 3.8) is 0 Å². The Morgan fingerprint density at radius 3 is 2.48 bits per heavy atom. The molecule has 0 unspecified atom stereocenters. The van der Waals surface area contributed by atoms with Crippen LogP contribution in [0.4, 0.5) is 10.5 Å². The number of ether oxygens (including phenoxy) is 1. The summed E-state index contributed by atoms with van der Waals surface area (Å²) in [5.41, 5.74) is 5.94. The van der Waals surface area contributed by atoms with Crippen molar-refractivity contribution in [3.05, 3.63) is 59.1 Å². The Balaban J connectivity index is 1.78.